The van der Waals surface area contributed by atoms with Gasteiger partial charge in [0.05, 0.1) is 12.0 Å². The third kappa shape index (κ3) is 1.84. The molecule has 2 aliphatic heterocycles. The van der Waals surface area contributed by atoms with Crippen LogP contribution in [0.15, 0.2) is 28.2 Å². The van der Waals surface area contributed by atoms with Crippen LogP contribution in [0, 0.1) is 11.8 Å². The molecule has 0 bridgehead atoms. The molecule has 2 unspecified atom stereocenters. The van der Waals surface area contributed by atoms with Crippen molar-refractivity contribution in [2.24, 2.45) is 11.8 Å². The topological polar surface area (TPSA) is 86.3 Å². The number of carbonyl (C=O) groups is 2. The molecule has 106 valence electrons. The second-order valence-corrected chi connectivity index (χ2v) is 6.41. The van der Waals surface area contributed by atoms with Crippen LogP contribution in [-0.2, 0) is 9.59 Å². The normalized spacial score (nSPS) is 25.1. The first kappa shape index (κ1) is 13.2. The van der Waals surface area contributed by atoms with E-state index in [2.05, 4.69) is 9.97 Å². The molecule has 0 aliphatic carbocycles. The fraction of sp³-hybridized carbons (Fsp3) is 0.462. The Hall–Kier alpha value is -1.76. The molecule has 1 aromatic heterocycles. The van der Waals surface area contributed by atoms with Gasteiger partial charge in [0.1, 0.15) is 5.70 Å². The van der Waals surface area contributed by atoms with Gasteiger partial charge in [-0.1, -0.05) is 25.6 Å². The lowest BCUT2D eigenvalue weighted by atomic mass is 9.79. The molecule has 0 radical (unpaired) electrons. The maximum Gasteiger partial charge on any atom is 0.353 e. The van der Waals surface area contributed by atoms with Crippen molar-refractivity contribution in [3.05, 3.63) is 23.0 Å². The zero-order valence-electron chi connectivity index (χ0n) is 11.2. The Bertz CT molecular complexity index is 594. The number of thioether (sulfide) groups is 1. The maximum absolute atomic E-state index is 12.1. The summed E-state index contributed by atoms with van der Waals surface area (Å²) in [4.78, 5) is 32.8. The van der Waals surface area contributed by atoms with E-state index in [1.165, 1.54) is 16.7 Å². The van der Waals surface area contributed by atoms with Crippen LogP contribution in [0.1, 0.15) is 20.3 Å². The van der Waals surface area contributed by atoms with Gasteiger partial charge >= 0.3 is 5.97 Å². The molecule has 0 saturated carbocycles. The number of nitrogens with zero attached hydrogens (tertiary/aromatic N) is 2. The van der Waals surface area contributed by atoms with E-state index in [1.807, 2.05) is 13.8 Å². The number of fused-ring (bicyclic) bond motifs is 1. The Morgan fingerprint density at radius 3 is 2.90 bits per heavy atom. The largest absolute Gasteiger partial charge is 0.477 e. The van der Waals surface area contributed by atoms with Crippen molar-refractivity contribution in [3.8, 4) is 0 Å². The van der Waals surface area contributed by atoms with Gasteiger partial charge in [0.2, 0.25) is 5.91 Å². The van der Waals surface area contributed by atoms with Crippen LogP contribution in [0.4, 0.5) is 0 Å². The second kappa shape index (κ2) is 4.66. The zero-order chi connectivity index (χ0) is 14.4. The third-order valence-corrected chi connectivity index (χ3v) is 4.81. The number of imidazole rings is 1. The number of aromatic amines is 1. The predicted octanol–water partition coefficient (Wildman–Crippen LogP) is 1.68. The fourth-order valence-electron chi connectivity index (χ4n) is 2.95. The minimum Gasteiger partial charge on any atom is -0.477 e. The summed E-state index contributed by atoms with van der Waals surface area (Å²) >= 11 is 1.30. The summed E-state index contributed by atoms with van der Waals surface area (Å²) in [5.74, 6) is -0.958. The van der Waals surface area contributed by atoms with Crippen molar-refractivity contribution in [2.45, 2.75) is 31.5 Å². The van der Waals surface area contributed by atoms with Crippen LogP contribution in [-0.4, -0.2) is 37.9 Å². The molecule has 1 saturated heterocycles. The molecular formula is C13H15N3O3S. The van der Waals surface area contributed by atoms with Crippen molar-refractivity contribution < 1.29 is 14.7 Å². The van der Waals surface area contributed by atoms with Gasteiger partial charge in [0, 0.05) is 23.7 Å². The highest BCUT2D eigenvalue weighted by molar-refractivity contribution is 8.03. The van der Waals surface area contributed by atoms with Gasteiger partial charge in [-0.15, -0.1) is 0 Å². The summed E-state index contributed by atoms with van der Waals surface area (Å²) in [5.41, 5.74) is 0.123. The van der Waals surface area contributed by atoms with Crippen LogP contribution in [0.3, 0.4) is 0 Å². The molecule has 6 nitrogen and oxygen atoms in total. The lowest BCUT2D eigenvalue weighted by Gasteiger charge is -2.45. The number of carboxylic acid groups (broad SMARTS) is 1. The summed E-state index contributed by atoms with van der Waals surface area (Å²) in [6.07, 6.45) is 3.91. The Labute approximate surface area is 120 Å². The average Bonchev–Trinajstić information content (AvgIpc) is 2.95. The summed E-state index contributed by atoms with van der Waals surface area (Å²) in [6, 6.07) is -0.00828. The highest BCUT2D eigenvalue weighted by atomic mass is 32.2. The quantitative estimate of drug-likeness (QED) is 0.825. The Morgan fingerprint density at radius 2 is 2.35 bits per heavy atom. The number of β-lactam (4-membered cyclic amide) rings is 1. The summed E-state index contributed by atoms with van der Waals surface area (Å²) in [6.45, 7) is 4.00. The maximum atomic E-state index is 12.1. The van der Waals surface area contributed by atoms with E-state index < -0.39 is 5.97 Å². The van der Waals surface area contributed by atoms with Crippen LogP contribution < -0.4 is 0 Å². The molecule has 3 heterocycles. The first-order chi connectivity index (χ1) is 9.50. The number of nitrogens with one attached hydrogen (secondary N) is 1. The molecule has 1 aromatic rings. The zero-order valence-corrected chi connectivity index (χ0v) is 12.0. The smallest absolute Gasteiger partial charge is 0.353 e. The summed E-state index contributed by atoms with van der Waals surface area (Å²) in [5, 5.41) is 10.0. The van der Waals surface area contributed by atoms with E-state index in [4.69, 9.17) is 0 Å². The molecule has 0 aromatic carbocycles. The van der Waals surface area contributed by atoms with Crippen molar-refractivity contribution in [1.29, 1.82) is 0 Å². The van der Waals surface area contributed by atoms with E-state index in [1.54, 1.807) is 12.4 Å². The Balaban J connectivity index is 1.89. The van der Waals surface area contributed by atoms with Crippen molar-refractivity contribution in [1.82, 2.24) is 14.9 Å². The molecule has 2 N–H and O–H groups in total. The lowest BCUT2D eigenvalue weighted by Crippen LogP contribution is -2.60. The predicted molar refractivity (Wildman–Crippen MR) is 72.7 cm³/mol. The molecule has 3 rings (SSSR count). The second-order valence-electron chi connectivity index (χ2n) is 5.32. The number of hydrogen-bond donors (Lipinski definition) is 2. The van der Waals surface area contributed by atoms with Gasteiger partial charge in [-0.2, -0.15) is 0 Å². The van der Waals surface area contributed by atoms with Crippen LogP contribution >= 0.6 is 11.8 Å². The number of aliphatic carboxylic acids is 1. The van der Waals surface area contributed by atoms with Crippen LogP contribution in [0.25, 0.3) is 0 Å². The molecule has 1 fully saturated rings. The molecular weight excluding hydrogens is 278 g/mol. The highest BCUT2D eigenvalue weighted by Gasteiger charge is 2.56. The van der Waals surface area contributed by atoms with E-state index in [9.17, 15) is 14.7 Å². The molecule has 20 heavy (non-hydrogen) atoms. The SMILES string of the molecule is CC(C)C1C(=O)N2C(C(=O)O)=C(Sc3ncc[nH]3)CC12. The van der Waals surface area contributed by atoms with Crippen LogP contribution in [0.5, 0.6) is 0 Å². The number of carboxylic acids is 1. The first-order valence-electron chi connectivity index (χ1n) is 6.47. The molecule has 7 heteroatoms. The van der Waals surface area contributed by atoms with Crippen molar-refractivity contribution >= 4 is 23.6 Å². The van der Waals surface area contributed by atoms with E-state index in [0.717, 1.165) is 0 Å². The fourth-order valence-corrected chi connectivity index (χ4v) is 3.96. The monoisotopic (exact) mass is 293 g/mol. The minimum atomic E-state index is -1.04. The number of amides is 1. The minimum absolute atomic E-state index is 0.00828. The van der Waals surface area contributed by atoms with Crippen molar-refractivity contribution in [3.63, 3.8) is 0 Å². The first-order valence-corrected chi connectivity index (χ1v) is 7.29. The number of hydrogen-bond acceptors (Lipinski definition) is 4. The van der Waals surface area contributed by atoms with E-state index >= 15 is 0 Å². The van der Waals surface area contributed by atoms with Gasteiger partial charge in [-0.25, -0.2) is 9.78 Å². The summed E-state index contributed by atoms with van der Waals surface area (Å²) < 4.78 is 0. The number of H-pyrrole nitrogens is 1. The number of aromatic nitrogens is 2. The van der Waals surface area contributed by atoms with Gasteiger partial charge in [-0.3, -0.25) is 4.79 Å². The summed E-state index contributed by atoms with van der Waals surface area (Å²) in [7, 11) is 0. The highest BCUT2D eigenvalue weighted by Crippen LogP contribution is 2.49. The molecule has 0 spiro atoms. The standard InChI is InChI=1S/C13H15N3O3S/c1-6(2)9-7-5-8(20-13-14-3-4-15-13)10(12(18)19)16(7)11(9)17/h3-4,6-7,9H,5H2,1-2H3,(H,14,15)(H,18,19). The van der Waals surface area contributed by atoms with Crippen LogP contribution in [0.2, 0.25) is 0 Å². The van der Waals surface area contributed by atoms with Gasteiger partial charge in [-0.05, 0) is 5.92 Å². The van der Waals surface area contributed by atoms with Gasteiger partial charge in [0.25, 0.3) is 0 Å². The molecule has 1 amide bonds. The molecule has 2 aliphatic rings. The Morgan fingerprint density at radius 1 is 1.60 bits per heavy atom. The van der Waals surface area contributed by atoms with Crippen molar-refractivity contribution in [2.75, 3.05) is 0 Å². The van der Waals surface area contributed by atoms with E-state index in [-0.39, 0.29) is 29.5 Å². The lowest BCUT2D eigenvalue weighted by molar-refractivity contribution is -0.157. The number of rotatable bonds is 4. The number of carbonyl (C=O) groups excluding carboxylic acids is 1. The Kier molecular flexibility index (Phi) is 3.08. The van der Waals surface area contributed by atoms with Gasteiger partial charge < -0.3 is 15.0 Å². The third-order valence-electron chi connectivity index (χ3n) is 3.78. The molecule has 2 atom stereocenters. The van der Waals surface area contributed by atoms with Gasteiger partial charge in [0.15, 0.2) is 5.16 Å². The van der Waals surface area contributed by atoms with E-state index in [0.29, 0.717) is 16.5 Å². The average molecular weight is 293 g/mol.